The molecule has 4 rings (SSSR count). The number of amides is 1. The Bertz CT molecular complexity index is 1130. The fourth-order valence-corrected chi connectivity index (χ4v) is 3.71. The molecule has 0 aromatic heterocycles. The second kappa shape index (κ2) is 8.15. The Morgan fingerprint density at radius 2 is 1.74 bits per heavy atom. The Morgan fingerprint density at radius 1 is 1.00 bits per heavy atom. The molecule has 1 aliphatic heterocycles. The summed E-state index contributed by atoms with van der Waals surface area (Å²) in [7, 11) is 0. The fraction of sp³-hybridized carbons (Fsp3) is 0.174. The largest absolute Gasteiger partial charge is 0.457 e. The molecular weight excluding hydrogens is 429 g/mol. The lowest BCUT2D eigenvalue weighted by molar-refractivity contribution is -0.136. The first-order chi connectivity index (χ1) is 14.7. The Balaban J connectivity index is 1.85. The zero-order valence-electron chi connectivity index (χ0n) is 16.2. The average Bonchev–Trinajstić information content (AvgIpc) is 3.15. The van der Waals surface area contributed by atoms with Gasteiger partial charge in [0.15, 0.2) is 0 Å². The number of halogens is 4. The fourth-order valence-electron chi connectivity index (χ4n) is 3.58. The summed E-state index contributed by atoms with van der Waals surface area (Å²) in [6.07, 6.45) is -3.44. The van der Waals surface area contributed by atoms with Gasteiger partial charge in [-0.05, 0) is 55.0 Å². The standard InChI is InChI=1S/C23H18ClF3N2O2/c24-14-6-9-16(10-7-14)31-20-11-8-15(29-12-2-5-21(29)30)13-18(20)17-3-1-4-19(22(17)28)23(25,26)27/h1,3-4,6-11,13H,2,5,12,28H2. The lowest BCUT2D eigenvalue weighted by Gasteiger charge is -2.21. The molecule has 0 atom stereocenters. The van der Waals surface area contributed by atoms with Gasteiger partial charge in [-0.3, -0.25) is 4.79 Å². The maximum Gasteiger partial charge on any atom is 0.418 e. The van der Waals surface area contributed by atoms with Gasteiger partial charge in [0.25, 0.3) is 0 Å². The van der Waals surface area contributed by atoms with E-state index in [-0.39, 0.29) is 11.5 Å². The van der Waals surface area contributed by atoms with E-state index >= 15 is 0 Å². The van der Waals surface area contributed by atoms with E-state index in [1.807, 2.05) is 0 Å². The number of nitrogen functional groups attached to an aromatic ring is 1. The number of benzene rings is 3. The molecule has 2 N–H and O–H groups in total. The van der Waals surface area contributed by atoms with Crippen LogP contribution in [-0.2, 0) is 11.0 Å². The lowest BCUT2D eigenvalue weighted by Crippen LogP contribution is -2.23. The predicted octanol–water partition coefficient (Wildman–Crippen LogP) is 6.53. The third-order valence-corrected chi connectivity index (χ3v) is 5.34. The van der Waals surface area contributed by atoms with Gasteiger partial charge in [-0.25, -0.2) is 0 Å². The summed E-state index contributed by atoms with van der Waals surface area (Å²) in [5.41, 5.74) is 5.72. The number of nitrogens with zero attached hydrogens (tertiary/aromatic N) is 1. The zero-order valence-corrected chi connectivity index (χ0v) is 17.0. The molecule has 3 aromatic rings. The van der Waals surface area contributed by atoms with Crippen molar-refractivity contribution in [3.05, 3.63) is 71.2 Å². The second-order valence-corrected chi connectivity index (χ2v) is 7.59. The van der Waals surface area contributed by atoms with Crippen molar-refractivity contribution in [1.82, 2.24) is 0 Å². The Labute approximate surface area is 182 Å². The van der Waals surface area contributed by atoms with Crippen molar-refractivity contribution in [2.24, 2.45) is 0 Å². The highest BCUT2D eigenvalue weighted by molar-refractivity contribution is 6.30. The molecule has 31 heavy (non-hydrogen) atoms. The minimum absolute atomic E-state index is 0.0330. The molecule has 160 valence electrons. The highest BCUT2D eigenvalue weighted by Crippen LogP contribution is 2.43. The summed E-state index contributed by atoms with van der Waals surface area (Å²) in [5.74, 6) is 0.735. The molecule has 0 spiro atoms. The first kappa shape index (κ1) is 21.1. The number of rotatable bonds is 4. The maximum absolute atomic E-state index is 13.4. The van der Waals surface area contributed by atoms with Crippen molar-refractivity contribution in [3.8, 4) is 22.6 Å². The summed E-state index contributed by atoms with van der Waals surface area (Å²) in [4.78, 5) is 13.8. The van der Waals surface area contributed by atoms with Gasteiger partial charge in [0, 0.05) is 34.8 Å². The topological polar surface area (TPSA) is 55.6 Å². The lowest BCUT2D eigenvalue weighted by atomic mass is 9.98. The zero-order chi connectivity index (χ0) is 22.2. The van der Waals surface area contributed by atoms with Crippen LogP contribution < -0.4 is 15.4 Å². The molecule has 1 aliphatic rings. The number of ether oxygens (including phenoxy) is 1. The molecule has 0 bridgehead atoms. The first-order valence-electron chi connectivity index (χ1n) is 9.58. The third-order valence-electron chi connectivity index (χ3n) is 5.09. The average molecular weight is 447 g/mol. The van der Waals surface area contributed by atoms with E-state index < -0.39 is 17.4 Å². The molecule has 0 aliphatic carbocycles. The molecule has 1 amide bonds. The molecule has 4 nitrogen and oxygen atoms in total. The van der Waals surface area contributed by atoms with Gasteiger partial charge in [0.05, 0.1) is 11.3 Å². The van der Waals surface area contributed by atoms with Gasteiger partial charge in [-0.2, -0.15) is 13.2 Å². The van der Waals surface area contributed by atoms with E-state index in [0.717, 1.165) is 12.5 Å². The highest BCUT2D eigenvalue weighted by atomic mass is 35.5. The summed E-state index contributed by atoms with van der Waals surface area (Å²) < 4.78 is 46.2. The van der Waals surface area contributed by atoms with E-state index in [2.05, 4.69) is 0 Å². The van der Waals surface area contributed by atoms with Crippen LogP contribution in [-0.4, -0.2) is 12.5 Å². The molecule has 8 heteroatoms. The predicted molar refractivity (Wildman–Crippen MR) is 114 cm³/mol. The Kier molecular flexibility index (Phi) is 5.54. The summed E-state index contributed by atoms with van der Waals surface area (Å²) >= 11 is 5.91. The van der Waals surface area contributed by atoms with Crippen LogP contribution in [0.2, 0.25) is 5.02 Å². The molecule has 1 heterocycles. The summed E-state index contributed by atoms with van der Waals surface area (Å²) in [6, 6.07) is 15.3. The monoisotopic (exact) mass is 446 g/mol. The summed E-state index contributed by atoms with van der Waals surface area (Å²) in [5, 5.41) is 0.526. The van der Waals surface area contributed by atoms with Gasteiger partial charge in [-0.15, -0.1) is 0 Å². The van der Waals surface area contributed by atoms with Crippen molar-refractivity contribution in [2.45, 2.75) is 19.0 Å². The second-order valence-electron chi connectivity index (χ2n) is 7.15. The van der Waals surface area contributed by atoms with Gasteiger partial charge >= 0.3 is 6.18 Å². The van der Waals surface area contributed by atoms with Crippen LogP contribution in [0.25, 0.3) is 11.1 Å². The number of hydrogen-bond acceptors (Lipinski definition) is 3. The van der Waals surface area contributed by atoms with Crippen molar-refractivity contribution in [2.75, 3.05) is 17.2 Å². The Hall–Kier alpha value is -3.19. The Morgan fingerprint density at radius 3 is 2.39 bits per heavy atom. The molecule has 0 radical (unpaired) electrons. The van der Waals surface area contributed by atoms with E-state index in [0.29, 0.717) is 40.7 Å². The van der Waals surface area contributed by atoms with Crippen LogP contribution in [0.4, 0.5) is 24.5 Å². The molecule has 0 unspecified atom stereocenters. The van der Waals surface area contributed by atoms with Crippen LogP contribution in [0.1, 0.15) is 18.4 Å². The quantitative estimate of drug-likeness (QED) is 0.464. The van der Waals surface area contributed by atoms with Crippen LogP contribution in [0.5, 0.6) is 11.5 Å². The van der Waals surface area contributed by atoms with Crippen LogP contribution in [0.3, 0.4) is 0 Å². The van der Waals surface area contributed by atoms with E-state index in [1.54, 1.807) is 47.4 Å². The number of hydrogen-bond donors (Lipinski definition) is 1. The van der Waals surface area contributed by atoms with Crippen molar-refractivity contribution in [3.63, 3.8) is 0 Å². The van der Waals surface area contributed by atoms with Crippen molar-refractivity contribution in [1.29, 1.82) is 0 Å². The number of nitrogens with two attached hydrogens (primary N) is 1. The van der Waals surface area contributed by atoms with Crippen LogP contribution in [0.15, 0.2) is 60.7 Å². The normalized spacial score (nSPS) is 14.2. The van der Waals surface area contributed by atoms with Gasteiger partial charge in [0.1, 0.15) is 11.5 Å². The summed E-state index contributed by atoms with van der Waals surface area (Å²) in [6.45, 7) is 0.549. The van der Waals surface area contributed by atoms with E-state index in [9.17, 15) is 18.0 Å². The van der Waals surface area contributed by atoms with E-state index in [4.69, 9.17) is 22.1 Å². The first-order valence-corrected chi connectivity index (χ1v) is 9.96. The van der Waals surface area contributed by atoms with Crippen molar-refractivity contribution < 1.29 is 22.7 Å². The molecular formula is C23H18ClF3N2O2. The third kappa shape index (κ3) is 4.32. The van der Waals surface area contributed by atoms with Gasteiger partial charge < -0.3 is 15.4 Å². The van der Waals surface area contributed by atoms with Crippen LogP contribution >= 0.6 is 11.6 Å². The maximum atomic E-state index is 13.4. The van der Waals surface area contributed by atoms with Gasteiger partial charge in [0.2, 0.25) is 5.91 Å². The smallest absolute Gasteiger partial charge is 0.418 e. The molecule has 0 saturated carbocycles. The number of alkyl halides is 3. The van der Waals surface area contributed by atoms with E-state index in [1.165, 1.54) is 12.1 Å². The number of para-hydroxylation sites is 1. The SMILES string of the molecule is Nc1c(-c2cc(N3CCCC3=O)ccc2Oc2ccc(Cl)cc2)cccc1C(F)(F)F. The molecule has 1 fully saturated rings. The number of carbonyl (C=O) groups is 1. The number of carbonyl (C=O) groups excluding carboxylic acids is 1. The number of anilines is 2. The van der Waals surface area contributed by atoms with Crippen molar-refractivity contribution >= 4 is 28.9 Å². The highest BCUT2D eigenvalue weighted by Gasteiger charge is 2.34. The van der Waals surface area contributed by atoms with Gasteiger partial charge in [-0.1, -0.05) is 23.7 Å². The minimum atomic E-state index is -4.60. The minimum Gasteiger partial charge on any atom is -0.457 e. The van der Waals surface area contributed by atoms with Crippen LogP contribution in [0, 0.1) is 0 Å². The molecule has 3 aromatic carbocycles. The molecule has 1 saturated heterocycles.